The van der Waals surface area contributed by atoms with E-state index in [1.807, 2.05) is 26.0 Å². The Balaban J connectivity index is 1.29. The summed E-state index contributed by atoms with van der Waals surface area (Å²) in [6.45, 7) is 5.03. The lowest BCUT2D eigenvalue weighted by atomic mass is 9.53. The summed E-state index contributed by atoms with van der Waals surface area (Å²) in [6.07, 6.45) is 7.95. The van der Waals surface area contributed by atoms with E-state index in [2.05, 4.69) is 5.32 Å². The first-order valence-electron chi connectivity index (χ1n) is 13.5. The molecular formula is C29H38FN3O3. The highest BCUT2D eigenvalue weighted by Crippen LogP contribution is 2.55. The first-order valence-corrected chi connectivity index (χ1v) is 13.5. The van der Waals surface area contributed by atoms with Crippen LogP contribution < -0.4 is 5.32 Å². The molecule has 6 nitrogen and oxygen atoms in total. The van der Waals surface area contributed by atoms with Gasteiger partial charge in [0.1, 0.15) is 23.9 Å². The number of benzene rings is 1. The smallest absolute Gasteiger partial charge is 0.318 e. The number of carbonyl (C=O) groups excluding carboxylic acids is 2. The molecule has 0 radical (unpaired) electrons. The standard InChI is InChI=1S/C29H38FN3O3/c1-3-10-32(28(35)31-29-14-22-11-23(15-29)13-24(12-22)16-29)19-27(34)33(18-26-9-4-20(2)36-26)17-21-5-7-25(30)8-6-21/h4-9,22-24H,3,10-19H2,1-2H3,(H,31,35). The summed E-state index contributed by atoms with van der Waals surface area (Å²) < 4.78 is 19.2. The molecule has 0 aliphatic heterocycles. The Kier molecular flexibility index (Phi) is 7.09. The molecule has 1 aromatic carbocycles. The molecule has 6 rings (SSSR count). The van der Waals surface area contributed by atoms with Crippen molar-refractivity contribution >= 4 is 11.9 Å². The summed E-state index contributed by atoms with van der Waals surface area (Å²) in [4.78, 5) is 30.4. The molecule has 1 N–H and O–H groups in total. The average Bonchev–Trinajstić information content (AvgIpc) is 3.23. The van der Waals surface area contributed by atoms with Crippen molar-refractivity contribution in [2.45, 2.75) is 77.4 Å². The molecule has 4 fully saturated rings. The van der Waals surface area contributed by atoms with Crippen LogP contribution in [0.1, 0.15) is 69.0 Å². The lowest BCUT2D eigenvalue weighted by Gasteiger charge is -2.57. The van der Waals surface area contributed by atoms with Crippen molar-refractivity contribution in [3.05, 3.63) is 59.3 Å². The van der Waals surface area contributed by atoms with Gasteiger partial charge in [-0.25, -0.2) is 9.18 Å². The maximum Gasteiger partial charge on any atom is 0.318 e. The second kappa shape index (κ2) is 10.3. The molecule has 194 valence electrons. The van der Waals surface area contributed by atoms with Gasteiger partial charge in [0.15, 0.2) is 0 Å². The molecule has 2 aromatic rings. The van der Waals surface area contributed by atoms with Crippen LogP contribution in [0.3, 0.4) is 0 Å². The van der Waals surface area contributed by atoms with Gasteiger partial charge in [0.05, 0.1) is 6.54 Å². The van der Waals surface area contributed by atoms with Gasteiger partial charge in [-0.15, -0.1) is 0 Å². The fraction of sp³-hybridized carbons (Fsp3) is 0.586. The van der Waals surface area contributed by atoms with Crippen LogP contribution in [0.15, 0.2) is 40.8 Å². The van der Waals surface area contributed by atoms with Gasteiger partial charge in [0.25, 0.3) is 0 Å². The van der Waals surface area contributed by atoms with Crippen molar-refractivity contribution in [2.75, 3.05) is 13.1 Å². The molecule has 4 aliphatic carbocycles. The minimum atomic E-state index is -0.311. The zero-order valence-electron chi connectivity index (χ0n) is 21.5. The second-order valence-corrected chi connectivity index (χ2v) is 11.4. The number of carbonyl (C=O) groups is 2. The van der Waals surface area contributed by atoms with E-state index in [0.29, 0.717) is 25.4 Å². The number of hydrogen-bond donors (Lipinski definition) is 1. The molecule has 4 bridgehead atoms. The van der Waals surface area contributed by atoms with E-state index in [4.69, 9.17) is 4.42 Å². The predicted octanol–water partition coefficient (Wildman–Crippen LogP) is 5.65. The average molecular weight is 496 g/mol. The van der Waals surface area contributed by atoms with Gasteiger partial charge in [-0.1, -0.05) is 19.1 Å². The highest BCUT2D eigenvalue weighted by atomic mass is 19.1. The van der Waals surface area contributed by atoms with Crippen LogP contribution in [0.25, 0.3) is 0 Å². The molecular weight excluding hydrogens is 457 g/mol. The van der Waals surface area contributed by atoms with Gasteiger partial charge in [0.2, 0.25) is 5.91 Å². The van der Waals surface area contributed by atoms with E-state index < -0.39 is 0 Å². The van der Waals surface area contributed by atoms with E-state index in [0.717, 1.165) is 54.8 Å². The topological polar surface area (TPSA) is 65.8 Å². The molecule has 4 saturated carbocycles. The largest absolute Gasteiger partial charge is 0.464 e. The van der Waals surface area contributed by atoms with Gasteiger partial charge >= 0.3 is 6.03 Å². The van der Waals surface area contributed by atoms with E-state index in [9.17, 15) is 14.0 Å². The summed E-state index contributed by atoms with van der Waals surface area (Å²) >= 11 is 0. The van der Waals surface area contributed by atoms with Crippen LogP contribution in [0.2, 0.25) is 0 Å². The van der Waals surface area contributed by atoms with Crippen molar-refractivity contribution in [2.24, 2.45) is 17.8 Å². The van der Waals surface area contributed by atoms with E-state index >= 15 is 0 Å². The van der Waals surface area contributed by atoms with Crippen LogP contribution in [-0.2, 0) is 17.9 Å². The Morgan fingerprint density at radius 1 is 0.972 bits per heavy atom. The van der Waals surface area contributed by atoms with Gasteiger partial charge in [-0.2, -0.15) is 0 Å². The number of rotatable bonds is 9. The van der Waals surface area contributed by atoms with Crippen LogP contribution in [0.4, 0.5) is 9.18 Å². The molecule has 7 heteroatoms. The van der Waals surface area contributed by atoms with Crippen molar-refractivity contribution in [1.29, 1.82) is 0 Å². The summed E-state index contributed by atoms with van der Waals surface area (Å²) in [7, 11) is 0. The molecule has 4 aliphatic rings. The number of urea groups is 1. The van der Waals surface area contributed by atoms with Crippen molar-refractivity contribution < 1.29 is 18.4 Å². The highest BCUT2D eigenvalue weighted by Gasteiger charge is 2.51. The second-order valence-electron chi connectivity index (χ2n) is 11.4. The third-order valence-electron chi connectivity index (χ3n) is 8.30. The molecule has 0 saturated heterocycles. The Hall–Kier alpha value is -2.83. The SMILES string of the molecule is CCCN(CC(=O)N(Cc1ccc(F)cc1)Cc1ccc(C)o1)C(=O)NC12CC3CC(CC(C3)C1)C2. The maximum absolute atomic E-state index is 13.6. The summed E-state index contributed by atoms with van der Waals surface area (Å²) in [5.74, 6) is 3.21. The quantitative estimate of drug-likeness (QED) is 0.489. The van der Waals surface area contributed by atoms with Crippen LogP contribution >= 0.6 is 0 Å². The lowest BCUT2D eigenvalue weighted by Crippen LogP contribution is -2.62. The van der Waals surface area contributed by atoms with E-state index in [1.54, 1.807) is 21.9 Å². The zero-order chi connectivity index (χ0) is 25.3. The van der Waals surface area contributed by atoms with E-state index in [-0.39, 0.29) is 29.8 Å². The van der Waals surface area contributed by atoms with Crippen LogP contribution in [-0.4, -0.2) is 40.4 Å². The Labute approximate surface area is 213 Å². The minimum absolute atomic E-state index is 0.00687. The molecule has 0 spiro atoms. The third-order valence-corrected chi connectivity index (χ3v) is 8.30. The van der Waals surface area contributed by atoms with Crippen LogP contribution in [0, 0.1) is 30.5 Å². The molecule has 36 heavy (non-hydrogen) atoms. The normalized spacial score (nSPS) is 26.1. The van der Waals surface area contributed by atoms with Gasteiger partial charge in [-0.05, 0) is 99.5 Å². The Morgan fingerprint density at radius 3 is 2.17 bits per heavy atom. The number of aryl methyl sites for hydroxylation is 1. The molecule has 0 unspecified atom stereocenters. The van der Waals surface area contributed by atoms with Crippen LogP contribution in [0.5, 0.6) is 0 Å². The molecule has 3 amide bonds. The van der Waals surface area contributed by atoms with E-state index in [1.165, 1.54) is 31.4 Å². The highest BCUT2D eigenvalue weighted by molar-refractivity contribution is 5.84. The van der Waals surface area contributed by atoms with Gasteiger partial charge in [-0.3, -0.25) is 4.79 Å². The summed E-state index contributed by atoms with van der Waals surface area (Å²) in [5, 5.41) is 3.42. The van der Waals surface area contributed by atoms with Crippen molar-refractivity contribution in [3.8, 4) is 0 Å². The number of halogens is 1. The predicted molar refractivity (Wildman–Crippen MR) is 135 cm³/mol. The lowest BCUT2D eigenvalue weighted by molar-refractivity contribution is -0.133. The zero-order valence-corrected chi connectivity index (χ0v) is 21.5. The van der Waals surface area contributed by atoms with Crippen molar-refractivity contribution in [3.63, 3.8) is 0 Å². The first-order chi connectivity index (χ1) is 17.3. The number of hydrogen-bond acceptors (Lipinski definition) is 3. The number of nitrogens with zero attached hydrogens (tertiary/aromatic N) is 2. The number of amides is 3. The third kappa shape index (κ3) is 5.60. The number of furan rings is 1. The van der Waals surface area contributed by atoms with Gasteiger partial charge < -0.3 is 19.5 Å². The first kappa shape index (κ1) is 24.8. The fourth-order valence-corrected chi connectivity index (χ4v) is 7.16. The molecule has 0 atom stereocenters. The maximum atomic E-state index is 13.6. The Bertz CT molecular complexity index is 1040. The number of nitrogens with one attached hydrogen (secondary N) is 1. The summed E-state index contributed by atoms with van der Waals surface area (Å²) in [5.41, 5.74) is 0.730. The monoisotopic (exact) mass is 495 g/mol. The minimum Gasteiger partial charge on any atom is -0.464 e. The Morgan fingerprint density at radius 2 is 1.61 bits per heavy atom. The fourth-order valence-electron chi connectivity index (χ4n) is 7.16. The van der Waals surface area contributed by atoms with Crippen molar-refractivity contribution in [1.82, 2.24) is 15.1 Å². The summed E-state index contributed by atoms with van der Waals surface area (Å²) in [6, 6.07) is 9.79. The molecule has 1 heterocycles. The van der Waals surface area contributed by atoms with Gasteiger partial charge in [0, 0.05) is 18.6 Å². The molecule has 1 aromatic heterocycles.